The maximum Gasteiger partial charge on any atom is 0.308 e. The van der Waals surface area contributed by atoms with Crippen LogP contribution in [0.5, 0.6) is 11.5 Å². The number of amides is 2. The summed E-state index contributed by atoms with van der Waals surface area (Å²) in [5, 5.41) is 10.6. The van der Waals surface area contributed by atoms with Crippen molar-refractivity contribution in [2.45, 2.75) is 13.0 Å². The molecular weight excluding hydrogens is 374 g/mol. The van der Waals surface area contributed by atoms with Crippen LogP contribution in [0.3, 0.4) is 0 Å². The SMILES string of the molecule is CC(=O)Oc1cc(Cl)ccc1OC[C@H](O)CN1C(=O)c2ccccc2C1=O. The third-order valence-corrected chi connectivity index (χ3v) is 4.10. The molecule has 0 spiro atoms. The standard InChI is InChI=1S/C19H16ClNO6/c1-11(22)27-17-8-12(20)6-7-16(17)26-10-13(23)9-21-18(24)14-4-2-3-5-15(14)19(21)25/h2-8,13,23H,9-10H2,1H3/t13-/m1/s1. The molecule has 0 fully saturated rings. The molecule has 2 aromatic rings. The van der Waals surface area contributed by atoms with Crippen LogP contribution in [0.2, 0.25) is 5.02 Å². The van der Waals surface area contributed by atoms with E-state index in [0.717, 1.165) is 4.90 Å². The number of β-amino-alcohol motifs (C(OH)–C–C–N with tert-alkyl or cyclic N) is 1. The van der Waals surface area contributed by atoms with Gasteiger partial charge >= 0.3 is 5.97 Å². The van der Waals surface area contributed by atoms with Crippen LogP contribution in [-0.4, -0.2) is 47.0 Å². The molecule has 3 rings (SSSR count). The van der Waals surface area contributed by atoms with Crippen molar-refractivity contribution in [3.8, 4) is 11.5 Å². The Morgan fingerprint density at radius 3 is 2.33 bits per heavy atom. The molecule has 8 heteroatoms. The summed E-state index contributed by atoms with van der Waals surface area (Å²) in [5.74, 6) is -1.14. The molecule has 0 aromatic heterocycles. The van der Waals surface area contributed by atoms with Gasteiger partial charge in [-0.05, 0) is 24.3 Å². The zero-order valence-electron chi connectivity index (χ0n) is 14.3. The van der Waals surface area contributed by atoms with E-state index in [-0.39, 0.29) is 24.7 Å². The first-order valence-electron chi connectivity index (χ1n) is 8.11. The third-order valence-electron chi connectivity index (χ3n) is 3.86. The maximum absolute atomic E-state index is 12.3. The number of halogens is 1. The number of fused-ring (bicyclic) bond motifs is 1. The number of esters is 1. The highest BCUT2D eigenvalue weighted by atomic mass is 35.5. The molecule has 2 amide bonds. The maximum atomic E-state index is 12.3. The molecule has 2 aromatic carbocycles. The summed E-state index contributed by atoms with van der Waals surface area (Å²) < 4.78 is 10.5. The van der Waals surface area contributed by atoms with Gasteiger partial charge in [0.15, 0.2) is 11.5 Å². The number of nitrogens with zero attached hydrogens (tertiary/aromatic N) is 1. The van der Waals surface area contributed by atoms with E-state index in [2.05, 4.69) is 0 Å². The summed E-state index contributed by atoms with van der Waals surface area (Å²) in [7, 11) is 0. The normalized spacial score (nSPS) is 14.1. The number of benzene rings is 2. The number of ether oxygens (including phenoxy) is 2. The van der Waals surface area contributed by atoms with Gasteiger partial charge in [-0.2, -0.15) is 0 Å². The first-order chi connectivity index (χ1) is 12.9. The van der Waals surface area contributed by atoms with Gasteiger partial charge in [-0.15, -0.1) is 0 Å². The summed E-state index contributed by atoms with van der Waals surface area (Å²) >= 11 is 5.87. The van der Waals surface area contributed by atoms with Gasteiger partial charge in [0, 0.05) is 18.0 Å². The molecule has 0 radical (unpaired) electrons. The lowest BCUT2D eigenvalue weighted by Gasteiger charge is -2.19. The van der Waals surface area contributed by atoms with E-state index in [1.54, 1.807) is 30.3 Å². The van der Waals surface area contributed by atoms with E-state index in [9.17, 15) is 19.5 Å². The minimum atomic E-state index is -1.13. The Balaban J connectivity index is 1.64. The molecule has 1 N–H and O–H groups in total. The van der Waals surface area contributed by atoms with Crippen LogP contribution >= 0.6 is 11.6 Å². The van der Waals surface area contributed by atoms with E-state index >= 15 is 0 Å². The van der Waals surface area contributed by atoms with E-state index < -0.39 is 23.9 Å². The summed E-state index contributed by atoms with van der Waals surface area (Å²) in [6, 6.07) is 10.9. The number of aliphatic hydroxyl groups excluding tert-OH is 1. The fourth-order valence-electron chi connectivity index (χ4n) is 2.69. The van der Waals surface area contributed by atoms with Crippen LogP contribution < -0.4 is 9.47 Å². The Labute approximate surface area is 160 Å². The summed E-state index contributed by atoms with van der Waals surface area (Å²) in [6.45, 7) is 0.800. The van der Waals surface area contributed by atoms with Crippen molar-refractivity contribution in [1.82, 2.24) is 4.90 Å². The average Bonchev–Trinajstić information content (AvgIpc) is 2.86. The number of imide groups is 1. The third kappa shape index (κ3) is 4.10. The predicted molar refractivity (Wildman–Crippen MR) is 96.1 cm³/mol. The Morgan fingerprint density at radius 2 is 1.74 bits per heavy atom. The number of hydrogen-bond donors (Lipinski definition) is 1. The highest BCUT2D eigenvalue weighted by Gasteiger charge is 2.36. The fraction of sp³-hybridized carbons (Fsp3) is 0.211. The first kappa shape index (κ1) is 18.9. The number of aliphatic hydroxyl groups is 1. The summed E-state index contributed by atoms with van der Waals surface area (Å²) in [6.07, 6.45) is -1.13. The minimum Gasteiger partial charge on any atom is -0.487 e. The molecule has 1 aliphatic heterocycles. The van der Waals surface area contributed by atoms with Gasteiger partial charge in [0.05, 0.1) is 17.7 Å². The van der Waals surface area contributed by atoms with Crippen molar-refractivity contribution in [2.75, 3.05) is 13.2 Å². The van der Waals surface area contributed by atoms with Crippen molar-refractivity contribution in [1.29, 1.82) is 0 Å². The largest absolute Gasteiger partial charge is 0.487 e. The lowest BCUT2D eigenvalue weighted by molar-refractivity contribution is -0.132. The first-order valence-corrected chi connectivity index (χ1v) is 8.48. The highest BCUT2D eigenvalue weighted by Crippen LogP contribution is 2.31. The van der Waals surface area contributed by atoms with E-state index in [1.165, 1.54) is 19.1 Å². The van der Waals surface area contributed by atoms with Crippen molar-refractivity contribution >= 4 is 29.4 Å². The lowest BCUT2D eigenvalue weighted by atomic mass is 10.1. The molecule has 1 atom stereocenters. The van der Waals surface area contributed by atoms with Crippen LogP contribution in [0.25, 0.3) is 0 Å². The Morgan fingerprint density at radius 1 is 1.11 bits per heavy atom. The number of rotatable bonds is 6. The molecule has 0 unspecified atom stereocenters. The smallest absolute Gasteiger partial charge is 0.308 e. The lowest BCUT2D eigenvalue weighted by Crippen LogP contribution is -2.39. The molecule has 140 valence electrons. The summed E-state index contributed by atoms with van der Waals surface area (Å²) in [4.78, 5) is 36.8. The number of carbonyl (C=O) groups is 3. The van der Waals surface area contributed by atoms with E-state index in [0.29, 0.717) is 16.1 Å². The predicted octanol–water partition coefficient (Wildman–Crippen LogP) is 2.30. The molecule has 0 saturated carbocycles. The quantitative estimate of drug-likeness (QED) is 0.463. The summed E-state index contributed by atoms with van der Waals surface area (Å²) in [5.41, 5.74) is 0.621. The Hall–Kier alpha value is -2.90. The van der Waals surface area contributed by atoms with Gasteiger partial charge < -0.3 is 14.6 Å². The molecule has 0 bridgehead atoms. The second-order valence-electron chi connectivity index (χ2n) is 5.92. The molecule has 0 aliphatic carbocycles. The Bertz CT molecular complexity index is 878. The van der Waals surface area contributed by atoms with Crippen molar-refractivity contribution in [2.24, 2.45) is 0 Å². The van der Waals surface area contributed by atoms with Gasteiger partial charge in [0.2, 0.25) is 0 Å². The molecule has 27 heavy (non-hydrogen) atoms. The van der Waals surface area contributed by atoms with Crippen LogP contribution in [0.4, 0.5) is 0 Å². The van der Waals surface area contributed by atoms with Crippen LogP contribution in [0.15, 0.2) is 42.5 Å². The topological polar surface area (TPSA) is 93.1 Å². The molecule has 7 nitrogen and oxygen atoms in total. The average molecular weight is 390 g/mol. The van der Waals surface area contributed by atoms with Gasteiger partial charge in [-0.3, -0.25) is 19.3 Å². The van der Waals surface area contributed by atoms with E-state index in [4.69, 9.17) is 21.1 Å². The van der Waals surface area contributed by atoms with Crippen molar-refractivity contribution in [3.63, 3.8) is 0 Å². The Kier molecular flexibility index (Phi) is 5.43. The zero-order chi connectivity index (χ0) is 19.6. The van der Waals surface area contributed by atoms with E-state index in [1.807, 2.05) is 0 Å². The van der Waals surface area contributed by atoms with Crippen LogP contribution in [0.1, 0.15) is 27.6 Å². The second kappa shape index (κ2) is 7.77. The molecule has 0 saturated heterocycles. The fourth-order valence-corrected chi connectivity index (χ4v) is 2.85. The van der Waals surface area contributed by atoms with Crippen molar-refractivity contribution in [3.05, 3.63) is 58.6 Å². The number of carbonyl (C=O) groups excluding carboxylic acids is 3. The van der Waals surface area contributed by atoms with Gasteiger partial charge in [0.1, 0.15) is 12.7 Å². The van der Waals surface area contributed by atoms with Gasteiger partial charge in [0.25, 0.3) is 11.8 Å². The highest BCUT2D eigenvalue weighted by molar-refractivity contribution is 6.30. The molecule has 1 heterocycles. The zero-order valence-corrected chi connectivity index (χ0v) is 15.1. The van der Waals surface area contributed by atoms with Crippen LogP contribution in [0, 0.1) is 0 Å². The van der Waals surface area contributed by atoms with Crippen LogP contribution in [-0.2, 0) is 4.79 Å². The monoisotopic (exact) mass is 389 g/mol. The van der Waals surface area contributed by atoms with Crippen molar-refractivity contribution < 1.29 is 29.0 Å². The molecule has 1 aliphatic rings. The minimum absolute atomic E-state index is 0.114. The number of hydrogen-bond acceptors (Lipinski definition) is 6. The van der Waals surface area contributed by atoms with Gasteiger partial charge in [-0.25, -0.2) is 0 Å². The molecular formula is C19H16ClNO6. The second-order valence-corrected chi connectivity index (χ2v) is 6.35. The van der Waals surface area contributed by atoms with Gasteiger partial charge in [-0.1, -0.05) is 23.7 Å².